The fourth-order valence-electron chi connectivity index (χ4n) is 2.12. The summed E-state index contributed by atoms with van der Waals surface area (Å²) in [6.45, 7) is 1.40. The van der Waals surface area contributed by atoms with Gasteiger partial charge in [-0.3, -0.25) is 10.1 Å². The van der Waals surface area contributed by atoms with E-state index >= 15 is 0 Å². The first kappa shape index (κ1) is 13.8. The van der Waals surface area contributed by atoms with Gasteiger partial charge < -0.3 is 15.2 Å². The van der Waals surface area contributed by atoms with Crippen molar-refractivity contribution in [1.29, 1.82) is 0 Å². The molecule has 0 bridgehead atoms. The Morgan fingerprint density at radius 1 is 1.68 bits per heavy atom. The molecule has 6 nitrogen and oxygen atoms in total. The lowest BCUT2D eigenvalue weighted by Crippen LogP contribution is -2.37. The number of rotatable bonds is 6. The molecule has 1 aromatic rings. The number of nitrogens with two attached hydrogens (primary N) is 1. The summed E-state index contributed by atoms with van der Waals surface area (Å²) in [7, 11) is 1.54. The van der Waals surface area contributed by atoms with E-state index in [2.05, 4.69) is 10.3 Å². The molecule has 1 fully saturated rings. The molecule has 2 heterocycles. The molecule has 1 aromatic heterocycles. The molecule has 1 amide bonds. The van der Waals surface area contributed by atoms with Crippen molar-refractivity contribution in [2.45, 2.75) is 25.0 Å². The summed E-state index contributed by atoms with van der Waals surface area (Å²) in [4.78, 5) is 15.6. The first-order valence-corrected chi connectivity index (χ1v) is 6.35. The summed E-state index contributed by atoms with van der Waals surface area (Å²) < 4.78 is 10.5. The van der Waals surface area contributed by atoms with E-state index in [-0.39, 0.29) is 6.10 Å². The number of nitrogens with one attached hydrogen (secondary N) is 1. The van der Waals surface area contributed by atoms with E-state index in [0.29, 0.717) is 12.4 Å². The van der Waals surface area contributed by atoms with Gasteiger partial charge in [0.05, 0.1) is 13.2 Å². The Morgan fingerprint density at radius 2 is 2.53 bits per heavy atom. The molecule has 1 aliphatic heterocycles. The van der Waals surface area contributed by atoms with Crippen LogP contribution < -0.4 is 15.8 Å². The molecular weight excluding hydrogens is 246 g/mol. The largest absolute Gasteiger partial charge is 0.481 e. The van der Waals surface area contributed by atoms with E-state index in [4.69, 9.17) is 15.2 Å². The van der Waals surface area contributed by atoms with Crippen LogP contribution in [0.2, 0.25) is 0 Å². The van der Waals surface area contributed by atoms with Crippen LogP contribution in [-0.2, 0) is 9.53 Å². The summed E-state index contributed by atoms with van der Waals surface area (Å²) in [5, 5.41) is 3.13. The molecule has 2 atom stereocenters. The monoisotopic (exact) mass is 265 g/mol. The molecule has 0 radical (unpaired) electrons. The van der Waals surface area contributed by atoms with Gasteiger partial charge in [-0.25, -0.2) is 4.98 Å². The maximum absolute atomic E-state index is 11.5. The van der Waals surface area contributed by atoms with E-state index in [1.165, 1.54) is 0 Å². The van der Waals surface area contributed by atoms with Gasteiger partial charge in [0.1, 0.15) is 6.04 Å². The Labute approximate surface area is 112 Å². The van der Waals surface area contributed by atoms with Crippen LogP contribution in [0.1, 0.15) is 24.4 Å². The summed E-state index contributed by atoms with van der Waals surface area (Å²) in [6.07, 6.45) is 3.83. The number of carbonyl (C=O) groups is 1. The topological polar surface area (TPSA) is 86.5 Å². The van der Waals surface area contributed by atoms with Gasteiger partial charge in [-0.15, -0.1) is 0 Å². The van der Waals surface area contributed by atoms with Gasteiger partial charge in [0.25, 0.3) is 0 Å². The summed E-state index contributed by atoms with van der Waals surface area (Å²) in [6, 6.07) is 2.94. The second-order valence-electron chi connectivity index (χ2n) is 4.51. The molecule has 1 saturated heterocycles. The Bertz CT molecular complexity index is 416. The predicted octanol–water partition coefficient (Wildman–Crippen LogP) is 0.385. The summed E-state index contributed by atoms with van der Waals surface area (Å²) >= 11 is 0. The highest BCUT2D eigenvalue weighted by molar-refractivity contribution is 5.81. The molecule has 104 valence electrons. The SMILES string of the molecule is COc1ccc(C(NCC2CCCO2)C(N)=O)cn1. The van der Waals surface area contributed by atoms with Crippen LogP contribution in [0.3, 0.4) is 0 Å². The molecule has 0 aliphatic carbocycles. The molecule has 2 unspecified atom stereocenters. The van der Waals surface area contributed by atoms with Crippen LogP contribution in [0.25, 0.3) is 0 Å². The Balaban J connectivity index is 1.99. The van der Waals surface area contributed by atoms with Crippen LogP contribution in [0.15, 0.2) is 18.3 Å². The maximum Gasteiger partial charge on any atom is 0.239 e. The number of hydrogen-bond donors (Lipinski definition) is 2. The van der Waals surface area contributed by atoms with E-state index in [9.17, 15) is 4.79 Å². The van der Waals surface area contributed by atoms with Crippen LogP contribution in [0.4, 0.5) is 0 Å². The number of ether oxygens (including phenoxy) is 2. The predicted molar refractivity (Wildman–Crippen MR) is 69.7 cm³/mol. The Morgan fingerprint density at radius 3 is 3.05 bits per heavy atom. The highest BCUT2D eigenvalue weighted by Crippen LogP contribution is 2.16. The number of primary amides is 1. The lowest BCUT2D eigenvalue weighted by atomic mass is 10.1. The van der Waals surface area contributed by atoms with Gasteiger partial charge in [0, 0.05) is 25.4 Å². The van der Waals surface area contributed by atoms with Gasteiger partial charge in [-0.2, -0.15) is 0 Å². The van der Waals surface area contributed by atoms with E-state index in [0.717, 1.165) is 25.0 Å². The third-order valence-corrected chi connectivity index (χ3v) is 3.16. The number of amides is 1. The van der Waals surface area contributed by atoms with Crippen molar-refractivity contribution in [3.8, 4) is 5.88 Å². The van der Waals surface area contributed by atoms with Crippen LogP contribution >= 0.6 is 0 Å². The van der Waals surface area contributed by atoms with Crippen molar-refractivity contribution in [3.05, 3.63) is 23.9 Å². The van der Waals surface area contributed by atoms with Gasteiger partial charge in [-0.05, 0) is 18.4 Å². The number of nitrogens with zero attached hydrogens (tertiary/aromatic N) is 1. The first-order valence-electron chi connectivity index (χ1n) is 6.35. The van der Waals surface area contributed by atoms with Gasteiger partial charge in [-0.1, -0.05) is 6.07 Å². The number of hydrogen-bond acceptors (Lipinski definition) is 5. The lowest BCUT2D eigenvalue weighted by Gasteiger charge is -2.18. The molecule has 3 N–H and O–H groups in total. The fraction of sp³-hybridized carbons (Fsp3) is 0.538. The second-order valence-corrected chi connectivity index (χ2v) is 4.51. The van der Waals surface area contributed by atoms with Crippen molar-refractivity contribution in [2.24, 2.45) is 5.73 Å². The highest BCUT2D eigenvalue weighted by atomic mass is 16.5. The van der Waals surface area contributed by atoms with E-state index in [1.807, 2.05) is 0 Å². The van der Waals surface area contributed by atoms with Crippen molar-refractivity contribution in [1.82, 2.24) is 10.3 Å². The minimum atomic E-state index is -0.553. The molecule has 0 saturated carbocycles. The minimum Gasteiger partial charge on any atom is -0.481 e. The lowest BCUT2D eigenvalue weighted by molar-refractivity contribution is -0.120. The van der Waals surface area contributed by atoms with Crippen molar-refractivity contribution in [3.63, 3.8) is 0 Å². The quantitative estimate of drug-likeness (QED) is 0.776. The Kier molecular flexibility index (Phi) is 4.70. The minimum absolute atomic E-state index is 0.160. The zero-order chi connectivity index (χ0) is 13.7. The third-order valence-electron chi connectivity index (χ3n) is 3.16. The normalized spacial score (nSPS) is 20.2. The average molecular weight is 265 g/mol. The molecule has 1 aliphatic rings. The molecule has 2 rings (SSSR count). The number of pyridine rings is 1. The van der Waals surface area contributed by atoms with Crippen molar-refractivity contribution >= 4 is 5.91 Å². The van der Waals surface area contributed by atoms with Gasteiger partial charge >= 0.3 is 0 Å². The number of carbonyl (C=O) groups excluding carboxylic acids is 1. The molecule has 19 heavy (non-hydrogen) atoms. The smallest absolute Gasteiger partial charge is 0.239 e. The fourth-order valence-corrected chi connectivity index (χ4v) is 2.12. The molecule has 6 heteroatoms. The zero-order valence-electron chi connectivity index (χ0n) is 11.0. The average Bonchev–Trinajstić information content (AvgIpc) is 2.92. The van der Waals surface area contributed by atoms with Gasteiger partial charge in [0.2, 0.25) is 11.8 Å². The highest BCUT2D eigenvalue weighted by Gasteiger charge is 2.21. The second kappa shape index (κ2) is 6.49. The third kappa shape index (κ3) is 3.65. The summed E-state index contributed by atoms with van der Waals surface area (Å²) in [5.74, 6) is 0.0797. The first-order chi connectivity index (χ1) is 9.20. The maximum atomic E-state index is 11.5. The van der Waals surface area contributed by atoms with Crippen LogP contribution in [0, 0.1) is 0 Å². The number of aromatic nitrogens is 1. The standard InChI is InChI=1S/C13H19N3O3/c1-18-11-5-4-9(7-15-11)12(13(14)17)16-8-10-3-2-6-19-10/h4-5,7,10,12,16H,2-3,6,8H2,1H3,(H2,14,17). The van der Waals surface area contributed by atoms with Crippen molar-refractivity contribution < 1.29 is 14.3 Å². The van der Waals surface area contributed by atoms with Crippen LogP contribution in [-0.4, -0.2) is 37.3 Å². The van der Waals surface area contributed by atoms with E-state index in [1.54, 1.807) is 25.4 Å². The van der Waals surface area contributed by atoms with Gasteiger partial charge in [0.15, 0.2) is 0 Å². The van der Waals surface area contributed by atoms with E-state index < -0.39 is 11.9 Å². The zero-order valence-corrected chi connectivity index (χ0v) is 11.0. The number of methoxy groups -OCH3 is 1. The molecule has 0 spiro atoms. The van der Waals surface area contributed by atoms with Crippen molar-refractivity contribution in [2.75, 3.05) is 20.3 Å². The Hall–Kier alpha value is -1.66. The summed E-state index contributed by atoms with van der Waals surface area (Å²) in [5.41, 5.74) is 6.15. The molecule has 0 aromatic carbocycles. The molecular formula is C13H19N3O3. The van der Waals surface area contributed by atoms with Crippen LogP contribution in [0.5, 0.6) is 5.88 Å².